The van der Waals surface area contributed by atoms with Crippen molar-refractivity contribution < 1.29 is 0 Å². The predicted molar refractivity (Wildman–Crippen MR) is 88.6 cm³/mol. The second-order valence-corrected chi connectivity index (χ2v) is 5.66. The lowest BCUT2D eigenvalue weighted by Gasteiger charge is -2.08. The number of hydrogen-bond donors (Lipinski definition) is 1. The van der Waals surface area contributed by atoms with E-state index in [1.807, 2.05) is 0 Å². The average Bonchev–Trinajstić information content (AvgIpc) is 2.74. The van der Waals surface area contributed by atoms with Gasteiger partial charge in [-0.05, 0) is 49.9 Å². The van der Waals surface area contributed by atoms with Gasteiger partial charge >= 0.3 is 0 Å². The second-order valence-electron chi connectivity index (χ2n) is 5.66. The molecule has 1 N–H and O–H groups in total. The van der Waals surface area contributed by atoms with Crippen LogP contribution in [0.25, 0.3) is 0 Å². The molecule has 0 aliphatic carbocycles. The van der Waals surface area contributed by atoms with Gasteiger partial charge < -0.3 is 5.32 Å². The van der Waals surface area contributed by atoms with Crippen LogP contribution >= 0.6 is 0 Å². The smallest absolute Gasteiger partial charge is 0.0662 e. The topological polar surface area (TPSA) is 29.9 Å². The van der Waals surface area contributed by atoms with Crippen LogP contribution in [0.5, 0.6) is 0 Å². The Bertz CT molecular complexity index is 584. The van der Waals surface area contributed by atoms with E-state index >= 15 is 0 Å². The monoisotopic (exact) mass is 285 g/mol. The average molecular weight is 285 g/mol. The van der Waals surface area contributed by atoms with Crippen molar-refractivity contribution >= 4 is 0 Å². The molecule has 3 heteroatoms. The molecule has 2 rings (SSSR count). The molecular formula is C18H27N3. The third kappa shape index (κ3) is 3.94. The van der Waals surface area contributed by atoms with Crippen molar-refractivity contribution in [3.63, 3.8) is 0 Å². The third-order valence-corrected chi connectivity index (χ3v) is 3.96. The van der Waals surface area contributed by atoms with E-state index < -0.39 is 0 Å². The first kappa shape index (κ1) is 15.8. The summed E-state index contributed by atoms with van der Waals surface area (Å²) in [5.74, 6) is 0. The van der Waals surface area contributed by atoms with Crippen LogP contribution in [-0.2, 0) is 19.5 Å². The van der Waals surface area contributed by atoms with E-state index in [1.165, 1.54) is 28.8 Å². The summed E-state index contributed by atoms with van der Waals surface area (Å²) in [6.45, 7) is 11.5. The molecule has 0 radical (unpaired) electrons. The fourth-order valence-electron chi connectivity index (χ4n) is 2.82. The van der Waals surface area contributed by atoms with Crippen LogP contribution < -0.4 is 5.32 Å². The molecule has 3 nitrogen and oxygen atoms in total. The molecule has 0 aliphatic rings. The highest BCUT2D eigenvalue weighted by atomic mass is 15.3. The molecule has 21 heavy (non-hydrogen) atoms. The summed E-state index contributed by atoms with van der Waals surface area (Å²) in [6.07, 6.45) is 2.23. The molecule has 0 bridgehead atoms. The van der Waals surface area contributed by atoms with Crippen LogP contribution in [0.15, 0.2) is 24.3 Å². The molecule has 2 aromatic rings. The zero-order valence-corrected chi connectivity index (χ0v) is 13.7. The third-order valence-electron chi connectivity index (χ3n) is 3.96. The molecule has 0 fully saturated rings. The summed E-state index contributed by atoms with van der Waals surface area (Å²) in [7, 11) is 0. The largest absolute Gasteiger partial charge is 0.313 e. The SMILES string of the molecule is CCCNCc1cccc(Cn2nc(C)c(CC)c2C)c1. The zero-order valence-electron chi connectivity index (χ0n) is 13.7. The fourth-order valence-corrected chi connectivity index (χ4v) is 2.82. The number of nitrogens with one attached hydrogen (secondary N) is 1. The minimum Gasteiger partial charge on any atom is -0.313 e. The molecule has 1 heterocycles. The van der Waals surface area contributed by atoms with E-state index in [0.29, 0.717) is 0 Å². The van der Waals surface area contributed by atoms with Crippen molar-refractivity contribution in [3.8, 4) is 0 Å². The van der Waals surface area contributed by atoms with E-state index in [4.69, 9.17) is 0 Å². The van der Waals surface area contributed by atoms with Gasteiger partial charge in [0.25, 0.3) is 0 Å². The number of benzene rings is 1. The highest BCUT2D eigenvalue weighted by Crippen LogP contribution is 2.15. The van der Waals surface area contributed by atoms with Crippen LogP contribution in [0, 0.1) is 13.8 Å². The highest BCUT2D eigenvalue weighted by molar-refractivity contribution is 5.27. The van der Waals surface area contributed by atoms with Gasteiger partial charge in [0.15, 0.2) is 0 Å². The number of rotatable bonds is 7. The van der Waals surface area contributed by atoms with Crippen molar-refractivity contribution in [3.05, 3.63) is 52.3 Å². The maximum atomic E-state index is 4.68. The first-order chi connectivity index (χ1) is 10.2. The van der Waals surface area contributed by atoms with Crippen LogP contribution in [0.1, 0.15) is 48.3 Å². The lowest BCUT2D eigenvalue weighted by molar-refractivity contribution is 0.653. The zero-order chi connectivity index (χ0) is 15.2. The van der Waals surface area contributed by atoms with E-state index in [0.717, 1.165) is 31.7 Å². The van der Waals surface area contributed by atoms with Crippen LogP contribution in [0.2, 0.25) is 0 Å². The van der Waals surface area contributed by atoms with E-state index in [9.17, 15) is 0 Å². The number of aryl methyl sites for hydroxylation is 1. The number of nitrogens with zero attached hydrogens (tertiary/aromatic N) is 2. The van der Waals surface area contributed by atoms with Gasteiger partial charge in [0.05, 0.1) is 12.2 Å². The molecule has 1 aromatic heterocycles. The Balaban J connectivity index is 2.11. The Hall–Kier alpha value is -1.61. The van der Waals surface area contributed by atoms with Crippen LogP contribution in [0.3, 0.4) is 0 Å². The molecule has 0 aliphatic heterocycles. The summed E-state index contributed by atoms with van der Waals surface area (Å²) in [6, 6.07) is 8.80. The predicted octanol–water partition coefficient (Wildman–Crippen LogP) is 3.61. The minimum atomic E-state index is 0.855. The lowest BCUT2D eigenvalue weighted by Crippen LogP contribution is -2.14. The van der Waals surface area contributed by atoms with Gasteiger partial charge in [0.2, 0.25) is 0 Å². The molecule has 1 aromatic carbocycles. The van der Waals surface area contributed by atoms with Gasteiger partial charge in [-0.25, -0.2) is 0 Å². The van der Waals surface area contributed by atoms with E-state index in [2.05, 4.69) is 67.1 Å². The summed E-state index contributed by atoms with van der Waals surface area (Å²) in [5, 5.41) is 8.14. The van der Waals surface area contributed by atoms with E-state index in [1.54, 1.807) is 0 Å². The van der Waals surface area contributed by atoms with Crippen LogP contribution in [0.4, 0.5) is 0 Å². The molecule has 0 saturated heterocycles. The highest BCUT2D eigenvalue weighted by Gasteiger charge is 2.09. The Morgan fingerprint density at radius 2 is 1.90 bits per heavy atom. The quantitative estimate of drug-likeness (QED) is 0.788. The Morgan fingerprint density at radius 3 is 2.57 bits per heavy atom. The van der Waals surface area contributed by atoms with Crippen molar-refractivity contribution in [2.24, 2.45) is 0 Å². The molecule has 114 valence electrons. The maximum absolute atomic E-state index is 4.68. The lowest BCUT2D eigenvalue weighted by atomic mass is 10.1. The van der Waals surface area contributed by atoms with Gasteiger partial charge in [-0.2, -0.15) is 5.10 Å². The standard InChI is InChI=1S/C18H27N3/c1-5-10-19-12-16-8-7-9-17(11-16)13-21-15(4)18(6-2)14(3)20-21/h7-9,11,19H,5-6,10,12-13H2,1-4H3. The van der Waals surface area contributed by atoms with Gasteiger partial charge in [-0.3, -0.25) is 4.68 Å². The first-order valence-electron chi connectivity index (χ1n) is 7.97. The summed E-state index contributed by atoms with van der Waals surface area (Å²) < 4.78 is 2.13. The van der Waals surface area contributed by atoms with Gasteiger partial charge in [-0.1, -0.05) is 38.1 Å². The molecule has 0 saturated carbocycles. The Morgan fingerprint density at radius 1 is 1.14 bits per heavy atom. The van der Waals surface area contributed by atoms with E-state index in [-0.39, 0.29) is 0 Å². The van der Waals surface area contributed by atoms with Crippen molar-refractivity contribution in [1.82, 2.24) is 15.1 Å². The van der Waals surface area contributed by atoms with Gasteiger partial charge in [0, 0.05) is 12.2 Å². The summed E-state index contributed by atoms with van der Waals surface area (Å²) in [4.78, 5) is 0. The first-order valence-corrected chi connectivity index (χ1v) is 7.97. The van der Waals surface area contributed by atoms with Gasteiger partial charge in [0.1, 0.15) is 0 Å². The molecule has 0 unspecified atom stereocenters. The number of hydrogen-bond acceptors (Lipinski definition) is 2. The van der Waals surface area contributed by atoms with Crippen LogP contribution in [-0.4, -0.2) is 16.3 Å². The second kappa shape index (κ2) is 7.41. The Kier molecular flexibility index (Phi) is 5.57. The minimum absolute atomic E-state index is 0.855. The van der Waals surface area contributed by atoms with Gasteiger partial charge in [-0.15, -0.1) is 0 Å². The fraction of sp³-hybridized carbons (Fsp3) is 0.500. The Labute approximate surface area is 128 Å². The van der Waals surface area contributed by atoms with Crippen molar-refractivity contribution in [2.75, 3.05) is 6.54 Å². The molecular weight excluding hydrogens is 258 g/mol. The van der Waals surface area contributed by atoms with Crippen molar-refractivity contribution in [2.45, 2.75) is 53.6 Å². The molecule has 0 spiro atoms. The molecule has 0 amide bonds. The van der Waals surface area contributed by atoms with Crippen molar-refractivity contribution in [1.29, 1.82) is 0 Å². The summed E-state index contributed by atoms with van der Waals surface area (Å²) >= 11 is 0. The maximum Gasteiger partial charge on any atom is 0.0662 e. The normalized spacial score (nSPS) is 11.0. The molecule has 0 atom stereocenters. The summed E-state index contributed by atoms with van der Waals surface area (Å²) in [5.41, 5.74) is 6.51. The number of aromatic nitrogens is 2.